The molecule has 0 bridgehead atoms. The van der Waals surface area contributed by atoms with E-state index in [1.807, 2.05) is 30.6 Å². The fourth-order valence-corrected chi connectivity index (χ4v) is 5.76. The normalized spacial score (nSPS) is 17.4. The number of hydrogen-bond donors (Lipinski definition) is 1. The van der Waals surface area contributed by atoms with Gasteiger partial charge in [0.1, 0.15) is 5.82 Å². The van der Waals surface area contributed by atoms with E-state index >= 15 is 0 Å². The smallest absolute Gasteiger partial charge is 0.251 e. The van der Waals surface area contributed by atoms with E-state index in [9.17, 15) is 4.79 Å². The average Bonchev–Trinajstić information content (AvgIpc) is 3.37. The van der Waals surface area contributed by atoms with E-state index in [4.69, 9.17) is 0 Å². The number of nitrogens with zero attached hydrogens (tertiary/aromatic N) is 4. The summed E-state index contributed by atoms with van der Waals surface area (Å²) >= 11 is 0. The topological polar surface area (TPSA) is 53.4 Å². The monoisotopic (exact) mass is 513 g/mol. The van der Waals surface area contributed by atoms with Gasteiger partial charge in [-0.2, -0.15) is 0 Å². The number of benzene rings is 2. The van der Waals surface area contributed by atoms with Crippen molar-refractivity contribution in [3.8, 4) is 0 Å². The lowest BCUT2D eigenvalue weighted by molar-refractivity contribution is 0.0953. The van der Waals surface area contributed by atoms with Gasteiger partial charge in [0, 0.05) is 61.8 Å². The third kappa shape index (κ3) is 6.54. The maximum atomic E-state index is 13.4. The van der Waals surface area contributed by atoms with Crippen LogP contribution in [0.1, 0.15) is 65.5 Å². The Morgan fingerprint density at radius 2 is 1.84 bits per heavy atom. The molecule has 4 rings (SSSR count). The van der Waals surface area contributed by atoms with Gasteiger partial charge in [0.15, 0.2) is 0 Å². The van der Waals surface area contributed by atoms with Crippen LogP contribution in [0.25, 0.3) is 6.08 Å². The molecular formula is C32H43N5O. The van der Waals surface area contributed by atoms with Gasteiger partial charge in [-0.1, -0.05) is 43.0 Å². The van der Waals surface area contributed by atoms with Gasteiger partial charge in [-0.15, -0.1) is 0 Å². The third-order valence-corrected chi connectivity index (χ3v) is 8.00. The van der Waals surface area contributed by atoms with Crippen LogP contribution in [0.15, 0.2) is 61.4 Å². The molecule has 2 aromatic carbocycles. The third-order valence-electron chi connectivity index (χ3n) is 8.00. The highest BCUT2D eigenvalue weighted by Gasteiger charge is 2.28. The van der Waals surface area contributed by atoms with E-state index in [0.717, 1.165) is 41.3 Å². The lowest BCUT2D eigenvalue weighted by atomic mass is 9.88. The van der Waals surface area contributed by atoms with Crippen molar-refractivity contribution in [1.29, 1.82) is 0 Å². The molecule has 0 unspecified atom stereocenters. The lowest BCUT2D eigenvalue weighted by Crippen LogP contribution is -2.42. The van der Waals surface area contributed by atoms with Crippen LogP contribution in [0.4, 0.5) is 5.69 Å². The second-order valence-electron chi connectivity index (χ2n) is 10.6. The fraction of sp³-hybridized carbons (Fsp3) is 0.438. The molecule has 0 spiro atoms. The molecule has 0 aliphatic heterocycles. The number of anilines is 1. The van der Waals surface area contributed by atoms with Crippen LogP contribution in [0.2, 0.25) is 0 Å². The van der Waals surface area contributed by atoms with E-state index in [2.05, 4.69) is 89.5 Å². The molecule has 1 saturated carbocycles. The molecule has 1 heterocycles. The fourth-order valence-electron chi connectivity index (χ4n) is 5.76. The summed E-state index contributed by atoms with van der Waals surface area (Å²) < 4.78 is 2.15. The molecule has 1 aliphatic rings. The van der Waals surface area contributed by atoms with Crippen molar-refractivity contribution in [2.75, 3.05) is 32.1 Å². The number of carbonyl (C=O) groups excluding carboxylic acids is 1. The lowest BCUT2D eigenvalue weighted by Gasteiger charge is -2.40. The standard InChI is InChI=1S/C32H43N5O/c1-6-25-21-29(24(3)30(22-25)37(7-2)28-15-13-27(14-16-28)35(4)5)32(38)34-18-17-31-33-19-20-36(31)23-26-11-9-8-10-12-26/h6,8-12,19-22,27-28H,1,7,13-18,23H2,2-5H3,(H,34,38). The molecule has 38 heavy (non-hydrogen) atoms. The highest BCUT2D eigenvalue weighted by Crippen LogP contribution is 2.33. The number of aromatic nitrogens is 2. The molecule has 1 aliphatic carbocycles. The largest absolute Gasteiger partial charge is 0.369 e. The van der Waals surface area contributed by atoms with E-state index < -0.39 is 0 Å². The summed E-state index contributed by atoms with van der Waals surface area (Å²) in [5, 5.41) is 3.15. The molecule has 0 radical (unpaired) electrons. The molecule has 1 aromatic heterocycles. The maximum absolute atomic E-state index is 13.4. The van der Waals surface area contributed by atoms with E-state index in [0.29, 0.717) is 25.0 Å². The van der Waals surface area contributed by atoms with Crippen molar-refractivity contribution in [2.24, 2.45) is 0 Å². The Balaban J connectivity index is 1.44. The summed E-state index contributed by atoms with van der Waals surface area (Å²) in [5.74, 6) is 0.929. The molecule has 1 amide bonds. The van der Waals surface area contributed by atoms with Gasteiger partial charge in [-0.05, 0) is 82.4 Å². The van der Waals surface area contributed by atoms with E-state index in [-0.39, 0.29) is 5.91 Å². The second kappa shape index (κ2) is 12.9. The molecule has 3 aromatic rings. The van der Waals surface area contributed by atoms with Gasteiger partial charge in [-0.3, -0.25) is 4.79 Å². The predicted octanol–water partition coefficient (Wildman–Crippen LogP) is 5.55. The molecule has 202 valence electrons. The number of imidazole rings is 1. The van der Waals surface area contributed by atoms with Gasteiger partial charge in [0.25, 0.3) is 5.91 Å². The summed E-state index contributed by atoms with van der Waals surface area (Å²) in [5.41, 5.74) is 5.13. The van der Waals surface area contributed by atoms with E-state index in [1.54, 1.807) is 0 Å². The van der Waals surface area contributed by atoms with Gasteiger partial charge >= 0.3 is 0 Å². The highest BCUT2D eigenvalue weighted by atomic mass is 16.1. The molecular weight excluding hydrogens is 470 g/mol. The van der Waals surface area contributed by atoms with Gasteiger partial charge in [0.05, 0.1) is 0 Å². The number of amides is 1. The SMILES string of the molecule is C=Cc1cc(C(=O)NCCc2nccn2Cc2ccccc2)c(C)c(N(CC)C2CCC(N(C)C)CC2)c1. The van der Waals surface area contributed by atoms with Crippen LogP contribution >= 0.6 is 0 Å². The Kier molecular flexibility index (Phi) is 9.40. The Labute approximate surface area is 228 Å². The zero-order chi connectivity index (χ0) is 27.1. The van der Waals surface area contributed by atoms with Crippen LogP contribution in [0.3, 0.4) is 0 Å². The summed E-state index contributed by atoms with van der Waals surface area (Å²) in [7, 11) is 4.36. The highest BCUT2D eigenvalue weighted by molar-refractivity contribution is 5.98. The molecule has 1 N–H and O–H groups in total. The summed E-state index contributed by atoms with van der Waals surface area (Å²) in [6.07, 6.45) is 11.1. The molecule has 6 nitrogen and oxygen atoms in total. The van der Waals surface area contributed by atoms with Crippen molar-refractivity contribution in [3.63, 3.8) is 0 Å². The first-order valence-electron chi connectivity index (χ1n) is 13.9. The Hall–Kier alpha value is -3.38. The minimum Gasteiger partial charge on any atom is -0.369 e. The Morgan fingerprint density at radius 1 is 1.13 bits per heavy atom. The van der Waals surface area contributed by atoms with Crippen molar-refractivity contribution in [3.05, 3.63) is 89.5 Å². The molecule has 0 atom stereocenters. The number of nitrogens with one attached hydrogen (secondary N) is 1. The quantitative estimate of drug-likeness (QED) is 0.365. The minimum atomic E-state index is -0.0408. The number of carbonyl (C=O) groups is 1. The van der Waals surface area contributed by atoms with E-state index in [1.165, 1.54) is 31.2 Å². The van der Waals surface area contributed by atoms with Crippen LogP contribution in [-0.4, -0.2) is 59.6 Å². The zero-order valence-electron chi connectivity index (χ0n) is 23.5. The van der Waals surface area contributed by atoms with Crippen molar-refractivity contribution < 1.29 is 4.79 Å². The maximum Gasteiger partial charge on any atom is 0.251 e. The molecule has 0 saturated heterocycles. The van der Waals surface area contributed by atoms with Gasteiger partial charge in [0.2, 0.25) is 0 Å². The van der Waals surface area contributed by atoms with Crippen LogP contribution < -0.4 is 10.2 Å². The Bertz CT molecular complexity index is 1210. The number of rotatable bonds is 11. The number of hydrogen-bond acceptors (Lipinski definition) is 4. The first-order valence-corrected chi connectivity index (χ1v) is 13.9. The summed E-state index contributed by atoms with van der Waals surface area (Å²) in [6, 6.07) is 15.7. The molecule has 1 fully saturated rings. The van der Waals surface area contributed by atoms with Crippen molar-refractivity contribution in [2.45, 2.75) is 64.6 Å². The predicted molar refractivity (Wildman–Crippen MR) is 158 cm³/mol. The second-order valence-corrected chi connectivity index (χ2v) is 10.6. The summed E-state index contributed by atoms with van der Waals surface area (Å²) in [4.78, 5) is 22.8. The van der Waals surface area contributed by atoms with Crippen LogP contribution in [0, 0.1) is 6.92 Å². The minimum absolute atomic E-state index is 0.0408. The Morgan fingerprint density at radius 3 is 2.50 bits per heavy atom. The zero-order valence-corrected chi connectivity index (χ0v) is 23.5. The first kappa shape index (κ1) is 27.6. The van der Waals surface area contributed by atoms with Crippen molar-refractivity contribution in [1.82, 2.24) is 19.8 Å². The van der Waals surface area contributed by atoms with Gasteiger partial charge < -0.3 is 19.7 Å². The van der Waals surface area contributed by atoms with Crippen LogP contribution in [0.5, 0.6) is 0 Å². The van der Waals surface area contributed by atoms with Gasteiger partial charge in [-0.25, -0.2) is 4.98 Å². The molecule has 6 heteroatoms. The average molecular weight is 514 g/mol. The van der Waals surface area contributed by atoms with Crippen LogP contribution in [-0.2, 0) is 13.0 Å². The van der Waals surface area contributed by atoms with Crippen molar-refractivity contribution >= 4 is 17.7 Å². The summed E-state index contributed by atoms with van der Waals surface area (Å²) in [6.45, 7) is 10.5. The first-order chi connectivity index (χ1) is 18.4.